The van der Waals surface area contributed by atoms with Gasteiger partial charge in [0.2, 0.25) is 5.91 Å². The Labute approximate surface area is 117 Å². The SMILES string of the molecule is CC(C)C(=O)[C@H](NC(=O)C(C)(C)C)C1CCCCC1. The molecular formula is C16H29NO2. The van der Waals surface area contributed by atoms with Crippen LogP contribution in [0.4, 0.5) is 0 Å². The Hall–Kier alpha value is -0.860. The van der Waals surface area contributed by atoms with Crippen molar-refractivity contribution in [2.75, 3.05) is 0 Å². The largest absolute Gasteiger partial charge is 0.346 e. The van der Waals surface area contributed by atoms with Crippen molar-refractivity contribution >= 4 is 11.7 Å². The van der Waals surface area contributed by atoms with Crippen molar-refractivity contribution in [3.05, 3.63) is 0 Å². The Morgan fingerprint density at radius 3 is 2.00 bits per heavy atom. The van der Waals surface area contributed by atoms with Crippen molar-refractivity contribution in [3.63, 3.8) is 0 Å². The van der Waals surface area contributed by atoms with Crippen LogP contribution in [-0.2, 0) is 9.59 Å². The maximum absolute atomic E-state index is 12.4. The molecule has 0 aromatic carbocycles. The normalized spacial score (nSPS) is 19.3. The first-order chi connectivity index (χ1) is 8.73. The zero-order valence-electron chi connectivity index (χ0n) is 13.1. The number of ketones is 1. The predicted octanol–water partition coefficient (Wildman–Crippen LogP) is 3.32. The fraction of sp³-hybridized carbons (Fsp3) is 0.875. The van der Waals surface area contributed by atoms with E-state index in [1.807, 2.05) is 34.6 Å². The van der Waals surface area contributed by atoms with Crippen molar-refractivity contribution in [1.29, 1.82) is 0 Å². The maximum atomic E-state index is 12.4. The van der Waals surface area contributed by atoms with Crippen LogP contribution in [0.25, 0.3) is 0 Å². The van der Waals surface area contributed by atoms with Gasteiger partial charge in [0.15, 0.2) is 5.78 Å². The van der Waals surface area contributed by atoms with Crippen LogP contribution in [0.2, 0.25) is 0 Å². The molecule has 1 aliphatic rings. The lowest BCUT2D eigenvalue weighted by molar-refractivity contribution is -0.135. The minimum absolute atomic E-state index is 0.0166. The number of hydrogen-bond donors (Lipinski definition) is 1. The molecule has 1 fully saturated rings. The zero-order valence-corrected chi connectivity index (χ0v) is 13.1. The summed E-state index contributed by atoms with van der Waals surface area (Å²) in [6.45, 7) is 9.50. The van der Waals surface area contributed by atoms with Gasteiger partial charge in [0, 0.05) is 11.3 Å². The van der Waals surface area contributed by atoms with Crippen LogP contribution in [0, 0.1) is 17.3 Å². The van der Waals surface area contributed by atoms with Gasteiger partial charge in [0.25, 0.3) is 0 Å². The number of carbonyl (C=O) groups is 2. The summed E-state index contributed by atoms with van der Waals surface area (Å²) in [6.07, 6.45) is 5.74. The molecule has 19 heavy (non-hydrogen) atoms. The monoisotopic (exact) mass is 267 g/mol. The van der Waals surface area contributed by atoms with E-state index in [9.17, 15) is 9.59 Å². The molecule has 0 aromatic heterocycles. The Morgan fingerprint density at radius 1 is 1.05 bits per heavy atom. The van der Waals surface area contributed by atoms with Gasteiger partial charge in [-0.15, -0.1) is 0 Å². The van der Waals surface area contributed by atoms with Crippen LogP contribution in [-0.4, -0.2) is 17.7 Å². The summed E-state index contributed by atoms with van der Waals surface area (Å²) in [5.74, 6) is 0.476. The van der Waals surface area contributed by atoms with Gasteiger partial charge in [-0.2, -0.15) is 0 Å². The molecule has 0 radical (unpaired) electrons. The predicted molar refractivity (Wildman–Crippen MR) is 77.8 cm³/mol. The van der Waals surface area contributed by atoms with Crippen molar-refractivity contribution in [2.24, 2.45) is 17.3 Å². The second-order valence-electron chi connectivity index (χ2n) is 7.16. The molecule has 1 N–H and O–H groups in total. The van der Waals surface area contributed by atoms with E-state index in [-0.39, 0.29) is 23.7 Å². The summed E-state index contributed by atoms with van der Waals surface area (Å²) in [4.78, 5) is 24.6. The van der Waals surface area contributed by atoms with Gasteiger partial charge in [-0.1, -0.05) is 53.9 Å². The molecule has 3 nitrogen and oxygen atoms in total. The third kappa shape index (κ3) is 4.63. The summed E-state index contributed by atoms with van der Waals surface area (Å²) in [5, 5.41) is 3.02. The highest BCUT2D eigenvalue weighted by atomic mass is 16.2. The Bertz CT molecular complexity index is 322. The summed E-state index contributed by atoms with van der Waals surface area (Å²) >= 11 is 0. The summed E-state index contributed by atoms with van der Waals surface area (Å²) in [6, 6.07) is -0.285. The first kappa shape index (κ1) is 16.2. The van der Waals surface area contributed by atoms with E-state index < -0.39 is 5.41 Å². The third-order valence-corrected chi connectivity index (χ3v) is 3.96. The Balaban J connectivity index is 2.80. The van der Waals surface area contributed by atoms with Crippen molar-refractivity contribution in [2.45, 2.75) is 72.8 Å². The highest BCUT2D eigenvalue weighted by Crippen LogP contribution is 2.28. The van der Waals surface area contributed by atoms with E-state index in [0.29, 0.717) is 5.92 Å². The van der Waals surface area contributed by atoms with E-state index in [1.165, 1.54) is 19.3 Å². The standard InChI is InChI=1S/C16H29NO2/c1-11(2)14(18)13(12-9-7-6-8-10-12)17-15(19)16(3,4)5/h11-13H,6-10H2,1-5H3,(H,17,19)/t13-/m1/s1. The van der Waals surface area contributed by atoms with Crippen LogP contribution in [0.3, 0.4) is 0 Å². The summed E-state index contributed by atoms with van der Waals surface area (Å²) in [7, 11) is 0. The first-order valence-electron chi connectivity index (χ1n) is 7.58. The molecule has 1 amide bonds. The van der Waals surface area contributed by atoms with Crippen molar-refractivity contribution in [1.82, 2.24) is 5.32 Å². The smallest absolute Gasteiger partial charge is 0.225 e. The van der Waals surface area contributed by atoms with E-state index in [4.69, 9.17) is 0 Å². The molecule has 0 heterocycles. The maximum Gasteiger partial charge on any atom is 0.225 e. The molecule has 110 valence electrons. The highest BCUT2D eigenvalue weighted by molar-refractivity contribution is 5.91. The van der Waals surface area contributed by atoms with Crippen LogP contribution < -0.4 is 5.32 Å². The molecule has 0 aliphatic heterocycles. The lowest BCUT2D eigenvalue weighted by Gasteiger charge is -2.33. The lowest BCUT2D eigenvalue weighted by Crippen LogP contribution is -2.51. The topological polar surface area (TPSA) is 46.2 Å². The number of rotatable bonds is 4. The minimum Gasteiger partial charge on any atom is -0.346 e. The summed E-state index contributed by atoms with van der Waals surface area (Å²) in [5.41, 5.74) is -0.440. The number of carbonyl (C=O) groups excluding carboxylic acids is 2. The Kier molecular flexibility index (Phi) is 5.57. The van der Waals surface area contributed by atoms with Crippen LogP contribution in [0.5, 0.6) is 0 Å². The quantitative estimate of drug-likeness (QED) is 0.849. The zero-order chi connectivity index (χ0) is 14.6. The first-order valence-corrected chi connectivity index (χ1v) is 7.58. The van der Waals surface area contributed by atoms with Crippen molar-refractivity contribution < 1.29 is 9.59 Å². The third-order valence-electron chi connectivity index (χ3n) is 3.96. The number of hydrogen-bond acceptors (Lipinski definition) is 2. The Morgan fingerprint density at radius 2 is 1.58 bits per heavy atom. The van der Waals surface area contributed by atoms with Gasteiger partial charge in [0.05, 0.1) is 6.04 Å². The average molecular weight is 267 g/mol. The molecule has 1 atom stereocenters. The fourth-order valence-electron chi connectivity index (χ4n) is 2.61. The second kappa shape index (κ2) is 6.53. The van der Waals surface area contributed by atoms with Gasteiger partial charge < -0.3 is 5.32 Å². The number of Topliss-reactive ketones (excluding diaryl/α,β-unsaturated/α-hetero) is 1. The molecule has 0 bridgehead atoms. The molecule has 0 spiro atoms. The van der Waals surface area contributed by atoms with Crippen LogP contribution in [0.1, 0.15) is 66.7 Å². The number of amides is 1. The molecule has 1 rings (SSSR count). The van der Waals surface area contributed by atoms with Crippen LogP contribution >= 0.6 is 0 Å². The minimum atomic E-state index is -0.440. The van der Waals surface area contributed by atoms with Crippen LogP contribution in [0.15, 0.2) is 0 Å². The molecule has 1 saturated carbocycles. The molecule has 3 heteroatoms. The van der Waals surface area contributed by atoms with Gasteiger partial charge in [-0.05, 0) is 18.8 Å². The van der Waals surface area contributed by atoms with Gasteiger partial charge in [-0.25, -0.2) is 0 Å². The number of nitrogens with one attached hydrogen (secondary N) is 1. The van der Waals surface area contributed by atoms with Gasteiger partial charge >= 0.3 is 0 Å². The molecule has 0 unspecified atom stereocenters. The van der Waals surface area contributed by atoms with Crippen molar-refractivity contribution in [3.8, 4) is 0 Å². The average Bonchev–Trinajstić information content (AvgIpc) is 2.34. The second-order valence-corrected chi connectivity index (χ2v) is 7.16. The van der Waals surface area contributed by atoms with E-state index in [1.54, 1.807) is 0 Å². The molecule has 0 saturated heterocycles. The van der Waals surface area contributed by atoms with E-state index >= 15 is 0 Å². The fourth-order valence-corrected chi connectivity index (χ4v) is 2.61. The molecule has 0 aromatic rings. The van der Waals surface area contributed by atoms with E-state index in [0.717, 1.165) is 12.8 Å². The van der Waals surface area contributed by atoms with Gasteiger partial charge in [-0.3, -0.25) is 9.59 Å². The summed E-state index contributed by atoms with van der Waals surface area (Å²) < 4.78 is 0. The molecule has 1 aliphatic carbocycles. The molecular weight excluding hydrogens is 238 g/mol. The van der Waals surface area contributed by atoms with Gasteiger partial charge in [0.1, 0.15) is 0 Å². The highest BCUT2D eigenvalue weighted by Gasteiger charge is 2.34. The lowest BCUT2D eigenvalue weighted by atomic mass is 9.79. The van der Waals surface area contributed by atoms with E-state index in [2.05, 4.69) is 5.32 Å².